The van der Waals surface area contributed by atoms with Crippen LogP contribution in [0.4, 0.5) is 14.5 Å². The third kappa shape index (κ3) is 4.50. The van der Waals surface area contributed by atoms with Gasteiger partial charge in [0.25, 0.3) is 0 Å². The van der Waals surface area contributed by atoms with Crippen molar-refractivity contribution in [3.63, 3.8) is 0 Å². The molecule has 3 aromatic rings. The van der Waals surface area contributed by atoms with Crippen LogP contribution in [0.5, 0.6) is 5.75 Å². The number of hydrogen-bond donors (Lipinski definition) is 1. The number of amides is 1. The summed E-state index contributed by atoms with van der Waals surface area (Å²) >= 11 is 0. The Bertz CT molecular complexity index is 894. The molecule has 0 spiro atoms. The second-order valence-corrected chi connectivity index (χ2v) is 5.09. The molecule has 1 amide bonds. The SMILES string of the molecule is O=C(/C=C/c1ccccc1OC(F)F)Nc1ccc(-n2cccn2)nc1. The van der Waals surface area contributed by atoms with Crippen LogP contribution >= 0.6 is 0 Å². The Balaban J connectivity index is 1.65. The summed E-state index contributed by atoms with van der Waals surface area (Å²) in [7, 11) is 0. The molecule has 0 bridgehead atoms. The average Bonchev–Trinajstić information content (AvgIpc) is 3.16. The number of halogens is 2. The van der Waals surface area contributed by atoms with Crippen molar-refractivity contribution in [2.75, 3.05) is 5.32 Å². The predicted octanol–water partition coefficient (Wildman–Crippen LogP) is 3.52. The van der Waals surface area contributed by atoms with Crippen molar-refractivity contribution in [1.82, 2.24) is 14.8 Å². The summed E-state index contributed by atoms with van der Waals surface area (Å²) in [6.45, 7) is -2.93. The predicted molar refractivity (Wildman–Crippen MR) is 92.1 cm³/mol. The summed E-state index contributed by atoms with van der Waals surface area (Å²) < 4.78 is 30.8. The number of nitrogens with zero attached hydrogens (tertiary/aromatic N) is 3. The quantitative estimate of drug-likeness (QED) is 0.686. The van der Waals surface area contributed by atoms with Gasteiger partial charge in [-0.05, 0) is 30.3 Å². The van der Waals surface area contributed by atoms with E-state index in [9.17, 15) is 13.6 Å². The number of pyridine rings is 1. The van der Waals surface area contributed by atoms with Gasteiger partial charge in [0.1, 0.15) is 5.75 Å². The van der Waals surface area contributed by atoms with Gasteiger partial charge in [0.05, 0.1) is 11.9 Å². The van der Waals surface area contributed by atoms with Crippen LogP contribution in [0.1, 0.15) is 5.56 Å². The number of benzene rings is 1. The molecule has 26 heavy (non-hydrogen) atoms. The van der Waals surface area contributed by atoms with Crippen LogP contribution in [0.25, 0.3) is 11.9 Å². The van der Waals surface area contributed by atoms with E-state index in [1.165, 1.54) is 24.4 Å². The Morgan fingerprint density at radius 3 is 2.73 bits per heavy atom. The highest BCUT2D eigenvalue weighted by Gasteiger charge is 2.07. The molecule has 0 aliphatic heterocycles. The molecule has 3 rings (SSSR count). The van der Waals surface area contributed by atoms with E-state index in [4.69, 9.17) is 0 Å². The Hall–Kier alpha value is -3.55. The van der Waals surface area contributed by atoms with Crippen molar-refractivity contribution in [2.45, 2.75) is 6.61 Å². The second-order valence-electron chi connectivity index (χ2n) is 5.09. The molecular weight excluding hydrogens is 342 g/mol. The molecule has 0 radical (unpaired) electrons. The number of para-hydroxylation sites is 1. The third-order valence-corrected chi connectivity index (χ3v) is 3.30. The van der Waals surface area contributed by atoms with E-state index >= 15 is 0 Å². The van der Waals surface area contributed by atoms with Crippen molar-refractivity contribution in [1.29, 1.82) is 0 Å². The van der Waals surface area contributed by atoms with Crippen molar-refractivity contribution in [2.24, 2.45) is 0 Å². The van der Waals surface area contributed by atoms with Crippen LogP contribution in [-0.4, -0.2) is 27.3 Å². The Kier molecular flexibility index (Phi) is 5.33. The van der Waals surface area contributed by atoms with E-state index in [-0.39, 0.29) is 5.75 Å². The minimum atomic E-state index is -2.93. The highest BCUT2D eigenvalue weighted by Crippen LogP contribution is 2.21. The molecule has 0 unspecified atom stereocenters. The molecule has 0 saturated carbocycles. The molecule has 0 atom stereocenters. The number of hydrogen-bond acceptors (Lipinski definition) is 4. The number of ether oxygens (including phenoxy) is 1. The van der Waals surface area contributed by atoms with Crippen molar-refractivity contribution >= 4 is 17.7 Å². The number of alkyl halides is 2. The topological polar surface area (TPSA) is 69.0 Å². The van der Waals surface area contributed by atoms with Crippen LogP contribution in [0.15, 0.2) is 67.1 Å². The fourth-order valence-electron chi connectivity index (χ4n) is 2.17. The number of nitrogens with one attached hydrogen (secondary N) is 1. The summed E-state index contributed by atoms with van der Waals surface area (Å²) in [6, 6.07) is 11.4. The average molecular weight is 356 g/mol. The lowest BCUT2D eigenvalue weighted by Gasteiger charge is -2.07. The van der Waals surface area contributed by atoms with E-state index in [0.717, 1.165) is 0 Å². The third-order valence-electron chi connectivity index (χ3n) is 3.30. The lowest BCUT2D eigenvalue weighted by atomic mass is 10.2. The molecule has 2 heterocycles. The monoisotopic (exact) mass is 356 g/mol. The molecule has 2 aromatic heterocycles. The van der Waals surface area contributed by atoms with Gasteiger partial charge in [0.2, 0.25) is 5.91 Å². The van der Waals surface area contributed by atoms with Crippen LogP contribution in [0, 0.1) is 0 Å². The highest BCUT2D eigenvalue weighted by molar-refractivity contribution is 6.02. The molecule has 132 valence electrons. The Labute approximate surface area is 147 Å². The molecule has 0 fully saturated rings. The minimum absolute atomic E-state index is 0.00297. The first-order chi connectivity index (χ1) is 12.6. The van der Waals surface area contributed by atoms with Gasteiger partial charge in [0, 0.05) is 24.0 Å². The summed E-state index contributed by atoms with van der Waals surface area (Å²) in [5.41, 5.74) is 0.864. The number of carbonyl (C=O) groups excluding carboxylic acids is 1. The molecular formula is C18H14F2N4O2. The van der Waals surface area contributed by atoms with Crippen LogP contribution in [0.2, 0.25) is 0 Å². The Morgan fingerprint density at radius 2 is 2.04 bits per heavy atom. The normalized spacial score (nSPS) is 11.0. The van der Waals surface area contributed by atoms with Crippen LogP contribution in [0.3, 0.4) is 0 Å². The van der Waals surface area contributed by atoms with Gasteiger partial charge in [-0.3, -0.25) is 4.79 Å². The van der Waals surface area contributed by atoms with E-state index < -0.39 is 12.5 Å². The maximum Gasteiger partial charge on any atom is 0.387 e. The van der Waals surface area contributed by atoms with Gasteiger partial charge >= 0.3 is 6.61 Å². The first-order valence-electron chi connectivity index (χ1n) is 7.61. The van der Waals surface area contributed by atoms with Crippen LogP contribution < -0.4 is 10.1 Å². The number of anilines is 1. The van der Waals surface area contributed by atoms with E-state index in [2.05, 4.69) is 20.1 Å². The van der Waals surface area contributed by atoms with Crippen LogP contribution in [-0.2, 0) is 4.79 Å². The lowest BCUT2D eigenvalue weighted by Crippen LogP contribution is -2.08. The zero-order valence-electron chi connectivity index (χ0n) is 13.4. The number of aromatic nitrogens is 3. The first kappa shape index (κ1) is 17.3. The lowest BCUT2D eigenvalue weighted by molar-refractivity contribution is -0.111. The fourth-order valence-corrected chi connectivity index (χ4v) is 2.17. The summed E-state index contributed by atoms with van der Waals surface area (Å²) in [4.78, 5) is 16.2. The summed E-state index contributed by atoms with van der Waals surface area (Å²) in [5.74, 6) is 0.184. The van der Waals surface area contributed by atoms with Crippen molar-refractivity contribution < 1.29 is 18.3 Å². The van der Waals surface area contributed by atoms with E-state index in [1.54, 1.807) is 53.5 Å². The summed E-state index contributed by atoms with van der Waals surface area (Å²) in [6.07, 6.45) is 7.52. The zero-order chi connectivity index (χ0) is 18.4. The molecule has 1 N–H and O–H groups in total. The van der Waals surface area contributed by atoms with E-state index in [0.29, 0.717) is 17.1 Å². The smallest absolute Gasteiger partial charge is 0.387 e. The zero-order valence-corrected chi connectivity index (χ0v) is 13.4. The maximum atomic E-state index is 12.4. The maximum absolute atomic E-state index is 12.4. The van der Waals surface area contributed by atoms with Gasteiger partial charge in [-0.1, -0.05) is 18.2 Å². The number of rotatable bonds is 6. The van der Waals surface area contributed by atoms with Gasteiger partial charge in [-0.15, -0.1) is 0 Å². The molecule has 8 heteroatoms. The fraction of sp³-hybridized carbons (Fsp3) is 0.0556. The second kappa shape index (κ2) is 8.02. The van der Waals surface area contributed by atoms with Crippen molar-refractivity contribution in [3.8, 4) is 11.6 Å². The van der Waals surface area contributed by atoms with Gasteiger partial charge in [-0.2, -0.15) is 13.9 Å². The molecule has 0 saturated heterocycles. The standard InChI is InChI=1S/C18H14F2N4O2/c19-18(20)26-15-5-2-1-4-13(15)6-9-17(25)23-14-7-8-16(21-12-14)24-11-3-10-22-24/h1-12,18H,(H,23,25)/b9-6+. The van der Waals surface area contributed by atoms with Gasteiger partial charge in [-0.25, -0.2) is 9.67 Å². The highest BCUT2D eigenvalue weighted by atomic mass is 19.3. The number of carbonyl (C=O) groups is 1. The molecule has 0 aliphatic rings. The molecule has 0 aliphatic carbocycles. The van der Waals surface area contributed by atoms with Crippen molar-refractivity contribution in [3.05, 3.63) is 72.7 Å². The molecule has 1 aromatic carbocycles. The van der Waals surface area contributed by atoms with E-state index in [1.807, 2.05) is 0 Å². The molecule has 6 nitrogen and oxygen atoms in total. The van der Waals surface area contributed by atoms with Gasteiger partial charge < -0.3 is 10.1 Å². The minimum Gasteiger partial charge on any atom is -0.434 e. The van der Waals surface area contributed by atoms with Gasteiger partial charge in [0.15, 0.2) is 5.82 Å². The largest absolute Gasteiger partial charge is 0.434 e. The summed E-state index contributed by atoms with van der Waals surface area (Å²) in [5, 5.41) is 6.70. The Morgan fingerprint density at radius 1 is 1.19 bits per heavy atom. The first-order valence-corrected chi connectivity index (χ1v) is 7.61.